The number of nitrogens with zero attached hydrogens (tertiary/aromatic N) is 1. The molecule has 66 valence electrons. The molecule has 1 aromatic carbocycles. The predicted octanol–water partition coefficient (Wildman–Crippen LogP) is 2.96. The van der Waals surface area contributed by atoms with Crippen LogP contribution in [0, 0.1) is 6.57 Å². The van der Waals surface area contributed by atoms with Gasteiger partial charge in [-0.1, -0.05) is 23.2 Å². The van der Waals surface area contributed by atoms with Crippen molar-refractivity contribution in [1.82, 2.24) is 0 Å². The first-order chi connectivity index (χ1) is 6.31. The molecule has 0 N–H and O–H groups in total. The normalized spacial score (nSPS) is 14.8. The third-order valence-electron chi connectivity index (χ3n) is 2.16. The molecule has 0 saturated heterocycles. The molecular weight excluding hydrogens is 186 g/mol. The summed E-state index contributed by atoms with van der Waals surface area (Å²) in [5, 5.41) is 0.527. The van der Waals surface area contributed by atoms with E-state index in [1.807, 2.05) is 12.1 Å². The number of rotatable bonds is 0. The second-order valence-electron chi connectivity index (χ2n) is 2.99. The molecule has 0 spiro atoms. The summed E-state index contributed by atoms with van der Waals surface area (Å²) in [6.45, 7) is 8.27. The molecule has 0 fully saturated rings. The number of halogens is 1. The highest BCUT2D eigenvalue weighted by Gasteiger charge is 2.12. The van der Waals surface area contributed by atoms with Crippen molar-refractivity contribution in [3.8, 4) is 0 Å². The third kappa shape index (κ3) is 1.53. The standard InChI is InChI=1S/C10H8ClNO/c1-12-10-5-7-2-3-13-6-8(7)4-9(10)11/h4-5H,2-3,6H2. The molecule has 3 heteroatoms. The van der Waals surface area contributed by atoms with E-state index in [0.29, 0.717) is 17.3 Å². The van der Waals surface area contributed by atoms with Crippen molar-refractivity contribution in [3.05, 3.63) is 39.7 Å². The topological polar surface area (TPSA) is 13.6 Å². The monoisotopic (exact) mass is 193 g/mol. The minimum atomic E-state index is 0.527. The average Bonchev–Trinajstić information content (AvgIpc) is 2.17. The zero-order valence-electron chi connectivity index (χ0n) is 7.01. The Bertz CT molecular complexity index is 381. The van der Waals surface area contributed by atoms with Crippen LogP contribution in [0.2, 0.25) is 5.02 Å². The smallest absolute Gasteiger partial charge is 0.205 e. The molecule has 0 bridgehead atoms. The number of hydrogen-bond acceptors (Lipinski definition) is 1. The van der Waals surface area contributed by atoms with Crippen molar-refractivity contribution in [2.75, 3.05) is 6.61 Å². The Labute approximate surface area is 81.9 Å². The van der Waals surface area contributed by atoms with Crippen LogP contribution in [-0.4, -0.2) is 6.61 Å². The molecule has 2 rings (SSSR count). The molecule has 2 nitrogen and oxygen atoms in total. The summed E-state index contributed by atoms with van der Waals surface area (Å²) in [5.41, 5.74) is 2.85. The molecule has 0 aliphatic carbocycles. The van der Waals surface area contributed by atoms with Crippen LogP contribution in [0.5, 0.6) is 0 Å². The van der Waals surface area contributed by atoms with Gasteiger partial charge in [0, 0.05) is 5.02 Å². The zero-order chi connectivity index (χ0) is 9.26. The van der Waals surface area contributed by atoms with Crippen molar-refractivity contribution in [1.29, 1.82) is 0 Å². The molecule has 0 atom stereocenters. The Balaban J connectivity index is 2.52. The minimum Gasteiger partial charge on any atom is -0.376 e. The van der Waals surface area contributed by atoms with E-state index in [0.717, 1.165) is 18.6 Å². The summed E-state index contributed by atoms with van der Waals surface area (Å²) in [6.07, 6.45) is 0.884. The van der Waals surface area contributed by atoms with Crippen LogP contribution >= 0.6 is 11.6 Å². The van der Waals surface area contributed by atoms with E-state index in [1.165, 1.54) is 5.56 Å². The second-order valence-corrected chi connectivity index (χ2v) is 3.39. The molecule has 0 saturated carbocycles. The van der Waals surface area contributed by atoms with E-state index in [9.17, 15) is 0 Å². The Hall–Kier alpha value is -1.04. The van der Waals surface area contributed by atoms with Gasteiger partial charge in [-0.25, -0.2) is 4.85 Å². The molecule has 0 radical (unpaired) electrons. The highest BCUT2D eigenvalue weighted by molar-refractivity contribution is 6.33. The van der Waals surface area contributed by atoms with Gasteiger partial charge >= 0.3 is 0 Å². The number of hydrogen-bond donors (Lipinski definition) is 0. The molecular formula is C10H8ClNO. The highest BCUT2D eigenvalue weighted by atomic mass is 35.5. The van der Waals surface area contributed by atoms with Crippen molar-refractivity contribution in [3.63, 3.8) is 0 Å². The fourth-order valence-corrected chi connectivity index (χ4v) is 1.69. The molecule has 0 amide bonds. The third-order valence-corrected chi connectivity index (χ3v) is 2.47. The maximum absolute atomic E-state index is 6.91. The maximum Gasteiger partial charge on any atom is 0.205 e. The van der Waals surface area contributed by atoms with Crippen molar-refractivity contribution < 1.29 is 4.74 Å². The van der Waals surface area contributed by atoms with Gasteiger partial charge < -0.3 is 4.74 Å². The van der Waals surface area contributed by atoms with E-state index in [4.69, 9.17) is 22.9 Å². The predicted molar refractivity (Wildman–Crippen MR) is 51.1 cm³/mol. The van der Waals surface area contributed by atoms with Gasteiger partial charge in [0.15, 0.2) is 0 Å². The molecule has 1 heterocycles. The lowest BCUT2D eigenvalue weighted by molar-refractivity contribution is 0.111. The van der Waals surface area contributed by atoms with Crippen LogP contribution in [0.4, 0.5) is 5.69 Å². The maximum atomic E-state index is 6.91. The van der Waals surface area contributed by atoms with E-state index in [2.05, 4.69) is 4.85 Å². The van der Waals surface area contributed by atoms with Crippen LogP contribution in [0.25, 0.3) is 4.85 Å². The van der Waals surface area contributed by atoms with Crippen molar-refractivity contribution in [2.45, 2.75) is 13.0 Å². The van der Waals surface area contributed by atoms with E-state index in [-0.39, 0.29) is 0 Å². The minimum absolute atomic E-state index is 0.527. The second kappa shape index (κ2) is 3.37. The molecule has 1 aromatic rings. The largest absolute Gasteiger partial charge is 0.376 e. The molecule has 0 aromatic heterocycles. The lowest BCUT2D eigenvalue weighted by Gasteiger charge is -2.16. The van der Waals surface area contributed by atoms with E-state index < -0.39 is 0 Å². The number of benzene rings is 1. The Morgan fingerprint density at radius 2 is 2.23 bits per heavy atom. The first-order valence-corrected chi connectivity index (χ1v) is 4.45. The molecule has 0 unspecified atom stereocenters. The highest BCUT2D eigenvalue weighted by Crippen LogP contribution is 2.30. The summed E-state index contributed by atoms with van der Waals surface area (Å²) in [5.74, 6) is 0. The van der Waals surface area contributed by atoms with E-state index in [1.54, 1.807) is 0 Å². The summed E-state index contributed by atoms with van der Waals surface area (Å²) in [6, 6.07) is 3.70. The molecule has 1 aliphatic heterocycles. The fraction of sp³-hybridized carbons (Fsp3) is 0.300. The number of fused-ring (bicyclic) bond motifs is 1. The van der Waals surface area contributed by atoms with Crippen molar-refractivity contribution >= 4 is 17.3 Å². The van der Waals surface area contributed by atoms with Crippen LogP contribution in [0.15, 0.2) is 12.1 Å². The van der Waals surface area contributed by atoms with Gasteiger partial charge in [0.2, 0.25) is 5.69 Å². The van der Waals surface area contributed by atoms with Gasteiger partial charge in [0.1, 0.15) is 0 Å². The van der Waals surface area contributed by atoms with Gasteiger partial charge in [0.25, 0.3) is 0 Å². The lowest BCUT2D eigenvalue weighted by Crippen LogP contribution is -2.09. The van der Waals surface area contributed by atoms with Gasteiger partial charge in [-0.15, -0.1) is 0 Å². The summed E-state index contributed by atoms with van der Waals surface area (Å²) < 4.78 is 5.29. The number of ether oxygens (including phenoxy) is 1. The fourth-order valence-electron chi connectivity index (χ4n) is 1.46. The Kier molecular flexibility index (Phi) is 2.22. The average molecular weight is 194 g/mol. The van der Waals surface area contributed by atoms with Gasteiger partial charge in [-0.3, -0.25) is 0 Å². The molecule has 13 heavy (non-hydrogen) atoms. The quantitative estimate of drug-likeness (QED) is 0.578. The first-order valence-electron chi connectivity index (χ1n) is 4.08. The van der Waals surface area contributed by atoms with E-state index >= 15 is 0 Å². The van der Waals surface area contributed by atoms with Crippen LogP contribution < -0.4 is 0 Å². The van der Waals surface area contributed by atoms with Gasteiger partial charge in [-0.05, 0) is 18.1 Å². The van der Waals surface area contributed by atoms with Crippen molar-refractivity contribution in [2.24, 2.45) is 0 Å². The summed E-state index contributed by atoms with van der Waals surface area (Å²) >= 11 is 5.89. The lowest BCUT2D eigenvalue weighted by atomic mass is 10.0. The Morgan fingerprint density at radius 3 is 3.00 bits per heavy atom. The SMILES string of the molecule is [C-]#[N+]c1cc2c(cc1Cl)COCC2. The zero-order valence-corrected chi connectivity index (χ0v) is 7.77. The molecule has 1 aliphatic rings. The van der Waals surface area contributed by atoms with Crippen LogP contribution in [-0.2, 0) is 17.8 Å². The van der Waals surface area contributed by atoms with Gasteiger partial charge in [-0.2, -0.15) is 0 Å². The summed E-state index contributed by atoms with van der Waals surface area (Å²) in [4.78, 5) is 3.36. The van der Waals surface area contributed by atoms with Gasteiger partial charge in [0.05, 0.1) is 19.8 Å². The van der Waals surface area contributed by atoms with Crippen LogP contribution in [0.3, 0.4) is 0 Å². The Morgan fingerprint density at radius 1 is 1.38 bits per heavy atom. The first kappa shape index (κ1) is 8.55. The van der Waals surface area contributed by atoms with Crippen LogP contribution in [0.1, 0.15) is 11.1 Å². The summed E-state index contributed by atoms with van der Waals surface area (Å²) in [7, 11) is 0.